The minimum absolute atomic E-state index is 0.0670. The highest BCUT2D eigenvalue weighted by Crippen LogP contribution is 2.36. The second-order valence-electron chi connectivity index (χ2n) is 2.73. The zero-order valence-electron chi connectivity index (χ0n) is 7.51. The molecule has 13 heavy (non-hydrogen) atoms. The quantitative estimate of drug-likeness (QED) is 0.643. The van der Waals surface area contributed by atoms with Crippen LogP contribution in [0.2, 0.25) is 0 Å². The first-order chi connectivity index (χ1) is 5.99. The zero-order valence-corrected chi connectivity index (χ0v) is 8.41. The summed E-state index contributed by atoms with van der Waals surface area (Å²) in [4.78, 5) is 16.7. The number of nitrogens with zero attached hydrogens (tertiary/aromatic N) is 1. The third-order valence-electron chi connectivity index (χ3n) is 1.55. The van der Waals surface area contributed by atoms with Gasteiger partial charge >= 0.3 is 7.82 Å². The Morgan fingerprint density at radius 2 is 2.15 bits per heavy atom. The minimum Gasteiger partial charge on any atom is -0.303 e. The lowest BCUT2D eigenvalue weighted by Gasteiger charge is -2.08. The number of phosphoric ester groups is 1. The summed E-state index contributed by atoms with van der Waals surface area (Å²) >= 11 is 0. The fourth-order valence-corrected chi connectivity index (χ4v) is 1.28. The fourth-order valence-electron chi connectivity index (χ4n) is 0.936. The summed E-state index contributed by atoms with van der Waals surface area (Å²) in [6.07, 6.45) is 1.99. The van der Waals surface area contributed by atoms with Gasteiger partial charge in [0.2, 0.25) is 0 Å². The Labute approximate surface area is 77.6 Å². The van der Waals surface area contributed by atoms with Crippen molar-refractivity contribution in [3.8, 4) is 6.07 Å². The van der Waals surface area contributed by atoms with Gasteiger partial charge in [-0.15, -0.1) is 0 Å². The summed E-state index contributed by atoms with van der Waals surface area (Å²) in [7, 11) is -4.36. The standard InChI is InChI=1S/C7H14NO4P/c1-2-3-7(6-8)4-5-12-13(9,10)11/h7H,2-5H2,1H3,(H2,9,10,11). The molecule has 1 unspecified atom stereocenters. The topological polar surface area (TPSA) is 90.5 Å². The summed E-state index contributed by atoms with van der Waals surface area (Å²) in [5.74, 6) is -0.170. The SMILES string of the molecule is CCCC(C#N)CCOP(=O)(O)O. The summed E-state index contributed by atoms with van der Waals surface area (Å²) in [5.41, 5.74) is 0. The number of rotatable bonds is 6. The normalized spacial score (nSPS) is 13.7. The summed E-state index contributed by atoms with van der Waals surface area (Å²) in [5, 5.41) is 8.59. The third kappa shape index (κ3) is 7.94. The Kier molecular flexibility index (Phi) is 5.93. The van der Waals surface area contributed by atoms with Gasteiger partial charge in [-0.3, -0.25) is 4.52 Å². The lowest BCUT2D eigenvalue weighted by Crippen LogP contribution is -2.02. The highest BCUT2D eigenvalue weighted by molar-refractivity contribution is 7.46. The van der Waals surface area contributed by atoms with Crippen molar-refractivity contribution in [3.63, 3.8) is 0 Å². The summed E-state index contributed by atoms with van der Waals surface area (Å²) in [6, 6.07) is 2.06. The second kappa shape index (κ2) is 6.11. The molecule has 0 fully saturated rings. The van der Waals surface area contributed by atoms with Gasteiger partial charge in [0.15, 0.2) is 0 Å². The van der Waals surface area contributed by atoms with E-state index >= 15 is 0 Å². The molecule has 1 atom stereocenters. The Morgan fingerprint density at radius 3 is 2.54 bits per heavy atom. The predicted molar refractivity (Wildman–Crippen MR) is 46.6 cm³/mol. The average molecular weight is 207 g/mol. The van der Waals surface area contributed by atoms with E-state index in [0.29, 0.717) is 6.42 Å². The van der Waals surface area contributed by atoms with Crippen molar-refractivity contribution in [3.05, 3.63) is 0 Å². The van der Waals surface area contributed by atoms with Gasteiger partial charge in [0.05, 0.1) is 12.7 Å². The van der Waals surface area contributed by atoms with Crippen molar-refractivity contribution in [2.24, 2.45) is 5.92 Å². The average Bonchev–Trinajstić information content (AvgIpc) is 2.01. The molecule has 76 valence electrons. The Hall–Kier alpha value is -0.400. The lowest BCUT2D eigenvalue weighted by molar-refractivity contribution is 0.188. The van der Waals surface area contributed by atoms with Crippen molar-refractivity contribution in [1.29, 1.82) is 5.26 Å². The van der Waals surface area contributed by atoms with E-state index in [1.54, 1.807) is 0 Å². The first-order valence-electron chi connectivity index (χ1n) is 4.09. The lowest BCUT2D eigenvalue weighted by atomic mass is 10.0. The van der Waals surface area contributed by atoms with E-state index in [0.717, 1.165) is 12.8 Å². The number of hydrogen-bond donors (Lipinski definition) is 2. The largest absolute Gasteiger partial charge is 0.469 e. The maximum Gasteiger partial charge on any atom is 0.469 e. The first-order valence-corrected chi connectivity index (χ1v) is 5.62. The molecular weight excluding hydrogens is 193 g/mol. The predicted octanol–water partition coefficient (Wildman–Crippen LogP) is 1.43. The zero-order chi connectivity index (χ0) is 10.3. The number of hydrogen-bond acceptors (Lipinski definition) is 3. The van der Waals surface area contributed by atoms with Gasteiger partial charge in [-0.2, -0.15) is 5.26 Å². The van der Waals surface area contributed by atoms with Gasteiger partial charge in [-0.1, -0.05) is 13.3 Å². The van der Waals surface area contributed by atoms with Crippen molar-refractivity contribution in [2.45, 2.75) is 26.2 Å². The molecule has 0 rings (SSSR count). The van der Waals surface area contributed by atoms with Crippen LogP contribution in [0.15, 0.2) is 0 Å². The molecule has 0 aromatic rings. The minimum atomic E-state index is -4.36. The second-order valence-corrected chi connectivity index (χ2v) is 3.97. The van der Waals surface area contributed by atoms with E-state index < -0.39 is 7.82 Å². The van der Waals surface area contributed by atoms with Gasteiger partial charge in [-0.05, 0) is 12.8 Å². The fraction of sp³-hybridized carbons (Fsp3) is 0.857. The molecule has 0 aliphatic rings. The molecule has 0 aromatic heterocycles. The van der Waals surface area contributed by atoms with Crippen molar-refractivity contribution in [2.75, 3.05) is 6.61 Å². The van der Waals surface area contributed by atoms with E-state index in [1.165, 1.54) is 0 Å². The van der Waals surface area contributed by atoms with Crippen LogP contribution in [0, 0.1) is 17.2 Å². The number of phosphoric acid groups is 1. The summed E-state index contributed by atoms with van der Waals surface area (Å²) < 4.78 is 14.5. The molecule has 0 radical (unpaired) electrons. The molecule has 5 nitrogen and oxygen atoms in total. The van der Waals surface area contributed by atoms with Gasteiger partial charge < -0.3 is 9.79 Å². The van der Waals surface area contributed by atoms with E-state index in [9.17, 15) is 4.57 Å². The molecule has 6 heteroatoms. The Bertz CT molecular complexity index is 219. The van der Waals surface area contributed by atoms with Gasteiger partial charge in [0, 0.05) is 5.92 Å². The molecule has 0 spiro atoms. The van der Waals surface area contributed by atoms with Crippen molar-refractivity contribution in [1.82, 2.24) is 0 Å². The molecular formula is C7H14NO4P. The van der Waals surface area contributed by atoms with E-state index in [1.807, 2.05) is 6.92 Å². The van der Waals surface area contributed by atoms with Crippen molar-refractivity contribution < 1.29 is 18.9 Å². The maximum atomic E-state index is 10.2. The molecule has 0 bridgehead atoms. The molecule has 0 amide bonds. The first kappa shape index (κ1) is 12.6. The third-order valence-corrected chi connectivity index (χ3v) is 2.06. The maximum absolute atomic E-state index is 10.2. The molecule has 0 aliphatic heterocycles. The summed E-state index contributed by atoms with van der Waals surface area (Å²) in [6.45, 7) is 1.89. The van der Waals surface area contributed by atoms with Gasteiger partial charge in [-0.25, -0.2) is 4.57 Å². The molecule has 0 saturated heterocycles. The van der Waals surface area contributed by atoms with Crippen LogP contribution < -0.4 is 0 Å². The van der Waals surface area contributed by atoms with E-state index in [4.69, 9.17) is 15.0 Å². The molecule has 0 saturated carbocycles. The monoisotopic (exact) mass is 207 g/mol. The van der Waals surface area contributed by atoms with Crippen LogP contribution in [0.5, 0.6) is 0 Å². The Morgan fingerprint density at radius 1 is 1.54 bits per heavy atom. The number of nitriles is 1. The molecule has 0 heterocycles. The van der Waals surface area contributed by atoms with Crippen LogP contribution in [-0.2, 0) is 9.09 Å². The van der Waals surface area contributed by atoms with Crippen LogP contribution in [0.25, 0.3) is 0 Å². The molecule has 0 aromatic carbocycles. The van der Waals surface area contributed by atoms with Crippen LogP contribution in [0.3, 0.4) is 0 Å². The van der Waals surface area contributed by atoms with Crippen LogP contribution in [0.4, 0.5) is 0 Å². The van der Waals surface area contributed by atoms with Crippen LogP contribution in [-0.4, -0.2) is 16.4 Å². The smallest absolute Gasteiger partial charge is 0.303 e. The van der Waals surface area contributed by atoms with E-state index in [2.05, 4.69) is 10.6 Å². The molecule has 0 aliphatic carbocycles. The van der Waals surface area contributed by atoms with Crippen molar-refractivity contribution >= 4 is 7.82 Å². The highest BCUT2D eigenvalue weighted by Gasteiger charge is 2.14. The van der Waals surface area contributed by atoms with Gasteiger partial charge in [0.25, 0.3) is 0 Å². The van der Waals surface area contributed by atoms with Gasteiger partial charge in [0.1, 0.15) is 0 Å². The van der Waals surface area contributed by atoms with Crippen LogP contribution >= 0.6 is 7.82 Å². The highest BCUT2D eigenvalue weighted by atomic mass is 31.2. The Balaban J connectivity index is 3.63. The van der Waals surface area contributed by atoms with Crippen LogP contribution in [0.1, 0.15) is 26.2 Å². The molecule has 2 N–H and O–H groups in total. The van der Waals surface area contributed by atoms with E-state index in [-0.39, 0.29) is 12.5 Å².